The molecule has 2 N–H and O–H groups in total. The lowest BCUT2D eigenvalue weighted by molar-refractivity contribution is 0.324. The van der Waals surface area contributed by atoms with E-state index in [9.17, 15) is 0 Å². The van der Waals surface area contributed by atoms with Crippen LogP contribution in [0.5, 0.6) is 17.2 Å². The molecule has 0 amide bonds. The number of benzene rings is 2. The van der Waals surface area contributed by atoms with Crippen molar-refractivity contribution in [2.75, 3.05) is 26.6 Å². The third kappa shape index (κ3) is 3.92. The molecule has 0 saturated heterocycles. The Bertz CT molecular complexity index is 868. The Labute approximate surface area is 150 Å². The zero-order chi connectivity index (χ0) is 18.4. The van der Waals surface area contributed by atoms with Crippen LogP contribution in [0, 0.1) is 0 Å². The highest BCUT2D eigenvalue weighted by Gasteiger charge is 2.12. The summed E-state index contributed by atoms with van der Waals surface area (Å²) < 4.78 is 16.0. The first-order valence-corrected chi connectivity index (χ1v) is 7.82. The van der Waals surface area contributed by atoms with Gasteiger partial charge in [-0.25, -0.2) is 10.1 Å². The molecule has 8 heteroatoms. The number of nitrogens with zero attached hydrogens (tertiary/aromatic N) is 3. The zero-order valence-electron chi connectivity index (χ0n) is 14.7. The summed E-state index contributed by atoms with van der Waals surface area (Å²) in [5.74, 6) is 2.44. The Morgan fingerprint density at radius 3 is 2.31 bits per heavy atom. The maximum atomic E-state index is 5.33. The number of aromatic nitrogens is 3. The summed E-state index contributed by atoms with van der Waals surface area (Å²) in [4.78, 5) is 8.55. The molecule has 0 atom stereocenters. The molecule has 0 bridgehead atoms. The second kappa shape index (κ2) is 8.02. The topological polar surface area (TPSA) is 93.7 Å². The molecule has 3 rings (SSSR count). The third-order valence-corrected chi connectivity index (χ3v) is 3.53. The lowest BCUT2D eigenvalue weighted by Gasteiger charge is -2.12. The van der Waals surface area contributed by atoms with Gasteiger partial charge in [-0.2, -0.15) is 4.98 Å². The fourth-order valence-electron chi connectivity index (χ4n) is 2.33. The molecule has 0 aliphatic rings. The van der Waals surface area contributed by atoms with E-state index >= 15 is 0 Å². The van der Waals surface area contributed by atoms with Gasteiger partial charge in [0.2, 0.25) is 11.7 Å². The SMILES string of the molecule is COc1cc(/C=N/c2n[nH]c(Nc3ccccc3)n2)cc(OC)c1OC. The second-order valence-corrected chi connectivity index (χ2v) is 5.19. The highest BCUT2D eigenvalue weighted by atomic mass is 16.5. The first kappa shape index (κ1) is 17.3. The maximum absolute atomic E-state index is 5.33. The van der Waals surface area contributed by atoms with Crippen molar-refractivity contribution in [3.63, 3.8) is 0 Å². The number of methoxy groups -OCH3 is 3. The van der Waals surface area contributed by atoms with E-state index in [2.05, 4.69) is 25.5 Å². The van der Waals surface area contributed by atoms with Gasteiger partial charge in [-0.05, 0) is 24.3 Å². The van der Waals surface area contributed by atoms with Crippen molar-refractivity contribution in [3.8, 4) is 17.2 Å². The average molecular weight is 353 g/mol. The van der Waals surface area contributed by atoms with Gasteiger partial charge in [-0.15, -0.1) is 5.10 Å². The van der Waals surface area contributed by atoms with Crippen LogP contribution < -0.4 is 19.5 Å². The summed E-state index contributed by atoms with van der Waals surface area (Å²) in [6.45, 7) is 0. The van der Waals surface area contributed by atoms with Crippen LogP contribution in [-0.4, -0.2) is 42.7 Å². The third-order valence-electron chi connectivity index (χ3n) is 3.53. The van der Waals surface area contributed by atoms with Gasteiger partial charge < -0.3 is 19.5 Å². The fraction of sp³-hybridized carbons (Fsp3) is 0.167. The summed E-state index contributed by atoms with van der Waals surface area (Å²) in [5.41, 5.74) is 1.67. The molecule has 0 unspecified atom stereocenters. The number of anilines is 2. The van der Waals surface area contributed by atoms with Gasteiger partial charge in [0.1, 0.15) is 0 Å². The van der Waals surface area contributed by atoms with E-state index in [1.165, 1.54) is 0 Å². The molecule has 0 fully saturated rings. The molecular formula is C18H19N5O3. The van der Waals surface area contributed by atoms with E-state index in [0.717, 1.165) is 11.3 Å². The van der Waals surface area contributed by atoms with Crippen LogP contribution in [0.3, 0.4) is 0 Å². The lowest BCUT2D eigenvalue weighted by Crippen LogP contribution is -1.96. The number of aromatic amines is 1. The number of rotatable bonds is 7. The summed E-state index contributed by atoms with van der Waals surface area (Å²) in [6, 6.07) is 13.3. The van der Waals surface area contributed by atoms with Crippen molar-refractivity contribution in [1.82, 2.24) is 15.2 Å². The minimum Gasteiger partial charge on any atom is -0.493 e. The fourth-order valence-corrected chi connectivity index (χ4v) is 2.33. The van der Waals surface area contributed by atoms with Gasteiger partial charge in [0.05, 0.1) is 21.3 Å². The minimum atomic E-state index is 0.303. The van der Waals surface area contributed by atoms with E-state index in [4.69, 9.17) is 14.2 Å². The van der Waals surface area contributed by atoms with Gasteiger partial charge >= 0.3 is 0 Å². The predicted molar refractivity (Wildman–Crippen MR) is 99.5 cm³/mol. The Hall–Kier alpha value is -3.55. The minimum absolute atomic E-state index is 0.303. The van der Waals surface area contributed by atoms with Crippen molar-refractivity contribution < 1.29 is 14.2 Å². The van der Waals surface area contributed by atoms with Crippen molar-refractivity contribution in [1.29, 1.82) is 0 Å². The van der Waals surface area contributed by atoms with Crippen LogP contribution in [0.25, 0.3) is 0 Å². The molecule has 0 saturated carbocycles. The molecule has 0 radical (unpaired) electrons. The summed E-state index contributed by atoms with van der Waals surface area (Å²) in [7, 11) is 4.69. The van der Waals surface area contributed by atoms with E-state index in [0.29, 0.717) is 29.1 Å². The molecule has 3 aromatic rings. The highest BCUT2D eigenvalue weighted by Crippen LogP contribution is 2.37. The van der Waals surface area contributed by atoms with Crippen molar-refractivity contribution in [2.45, 2.75) is 0 Å². The van der Waals surface area contributed by atoms with E-state index in [1.54, 1.807) is 39.7 Å². The van der Waals surface area contributed by atoms with Crippen LogP contribution in [-0.2, 0) is 0 Å². The smallest absolute Gasteiger partial charge is 0.269 e. The molecule has 8 nitrogen and oxygen atoms in total. The summed E-state index contributed by atoms with van der Waals surface area (Å²) >= 11 is 0. The van der Waals surface area contributed by atoms with Gasteiger partial charge in [0.25, 0.3) is 5.95 Å². The van der Waals surface area contributed by atoms with Crippen molar-refractivity contribution in [3.05, 3.63) is 48.0 Å². The molecular weight excluding hydrogens is 334 g/mol. The van der Waals surface area contributed by atoms with Crippen LogP contribution >= 0.6 is 0 Å². The number of para-hydroxylation sites is 1. The average Bonchev–Trinajstić information content (AvgIpc) is 3.13. The van der Waals surface area contributed by atoms with Crippen molar-refractivity contribution >= 4 is 23.8 Å². The van der Waals surface area contributed by atoms with Gasteiger partial charge in [0.15, 0.2) is 11.5 Å². The molecule has 0 aliphatic carbocycles. The van der Waals surface area contributed by atoms with Gasteiger partial charge in [-0.3, -0.25) is 0 Å². The largest absolute Gasteiger partial charge is 0.493 e. The second-order valence-electron chi connectivity index (χ2n) is 5.19. The van der Waals surface area contributed by atoms with Gasteiger partial charge in [0, 0.05) is 17.5 Å². The molecule has 26 heavy (non-hydrogen) atoms. The summed E-state index contributed by atoms with van der Waals surface area (Å²) in [6.07, 6.45) is 1.62. The molecule has 1 heterocycles. The standard InChI is InChI=1S/C18H19N5O3/c1-24-14-9-12(10-15(25-2)16(14)26-3)11-19-17-21-18(23-22-17)20-13-7-5-4-6-8-13/h4-11H,1-3H3,(H2,20,21,22,23)/b19-11+. The van der Waals surface area contributed by atoms with Crippen LogP contribution in [0.4, 0.5) is 17.6 Å². The van der Waals surface area contributed by atoms with Crippen LogP contribution in [0.15, 0.2) is 47.5 Å². The van der Waals surface area contributed by atoms with Crippen molar-refractivity contribution in [2.24, 2.45) is 4.99 Å². The van der Waals surface area contributed by atoms with E-state index in [-0.39, 0.29) is 0 Å². The number of ether oxygens (including phenoxy) is 3. The highest BCUT2D eigenvalue weighted by molar-refractivity contribution is 5.83. The lowest BCUT2D eigenvalue weighted by atomic mass is 10.2. The monoisotopic (exact) mass is 353 g/mol. The first-order valence-electron chi connectivity index (χ1n) is 7.82. The molecule has 0 aliphatic heterocycles. The Balaban J connectivity index is 1.78. The van der Waals surface area contributed by atoms with E-state index in [1.807, 2.05) is 30.3 Å². The molecule has 134 valence electrons. The Kier molecular flexibility index (Phi) is 5.33. The molecule has 0 spiro atoms. The predicted octanol–water partition coefficient (Wildman–Crippen LogP) is 3.32. The quantitative estimate of drug-likeness (QED) is 0.633. The number of H-pyrrole nitrogens is 1. The number of aliphatic imine (C=N–C) groups is 1. The number of nitrogens with one attached hydrogen (secondary N) is 2. The molecule has 2 aromatic carbocycles. The Morgan fingerprint density at radius 1 is 1.00 bits per heavy atom. The molecule has 1 aromatic heterocycles. The normalized spacial score (nSPS) is 10.7. The zero-order valence-corrected chi connectivity index (χ0v) is 14.7. The Morgan fingerprint density at radius 2 is 1.69 bits per heavy atom. The van der Waals surface area contributed by atoms with Crippen LogP contribution in [0.1, 0.15) is 5.56 Å². The van der Waals surface area contributed by atoms with Crippen LogP contribution in [0.2, 0.25) is 0 Å². The summed E-state index contributed by atoms with van der Waals surface area (Å²) in [5, 5.41) is 9.98. The maximum Gasteiger partial charge on any atom is 0.269 e. The van der Waals surface area contributed by atoms with Gasteiger partial charge in [-0.1, -0.05) is 18.2 Å². The van der Waals surface area contributed by atoms with E-state index < -0.39 is 0 Å². The number of hydrogen-bond donors (Lipinski definition) is 2. The number of hydrogen-bond acceptors (Lipinski definition) is 7. The first-order chi connectivity index (χ1) is 12.7.